The third-order valence-corrected chi connectivity index (χ3v) is 4.48. The number of halogens is 3. The van der Waals surface area contributed by atoms with Crippen LogP contribution in [0.25, 0.3) is 0 Å². The molecule has 4 nitrogen and oxygen atoms in total. The first-order valence-corrected chi connectivity index (χ1v) is 8.52. The number of nitrogens with one attached hydrogen (secondary N) is 2. The van der Waals surface area contributed by atoms with Crippen LogP contribution in [-0.2, 0) is 17.8 Å². The largest absolute Gasteiger partial charge is 0.324 e. The highest BCUT2D eigenvalue weighted by molar-refractivity contribution is 6.30. The fourth-order valence-electron chi connectivity index (χ4n) is 2.85. The molecule has 0 atom stereocenters. The average Bonchev–Trinajstić information content (AvgIpc) is 2.63. The smallest absolute Gasteiger partial charge is 0.224 e. The summed E-state index contributed by atoms with van der Waals surface area (Å²) in [7, 11) is 0. The third kappa shape index (κ3) is 4.81. The summed E-state index contributed by atoms with van der Waals surface area (Å²) in [6.45, 7) is 1.35. The summed E-state index contributed by atoms with van der Waals surface area (Å²) in [5, 5.41) is 6.30. The fraction of sp³-hybridized carbons (Fsp3) is 0.263. The van der Waals surface area contributed by atoms with E-state index in [1.807, 2.05) is 6.07 Å². The molecule has 0 spiro atoms. The third-order valence-electron chi connectivity index (χ3n) is 4.23. The van der Waals surface area contributed by atoms with E-state index in [-0.39, 0.29) is 48.4 Å². The minimum absolute atomic E-state index is 0. The van der Waals surface area contributed by atoms with Gasteiger partial charge >= 0.3 is 0 Å². The summed E-state index contributed by atoms with van der Waals surface area (Å²) in [5.74, 6) is -0.907. The molecule has 0 radical (unpaired) electrons. The number of anilines is 1. The van der Waals surface area contributed by atoms with Crippen LogP contribution in [0.5, 0.6) is 0 Å². The number of amides is 1. The zero-order valence-electron chi connectivity index (χ0n) is 14.0. The Labute approximate surface area is 162 Å². The van der Waals surface area contributed by atoms with Crippen molar-refractivity contribution in [3.63, 3.8) is 0 Å². The van der Waals surface area contributed by atoms with E-state index in [2.05, 4.69) is 10.6 Å². The molecule has 1 aliphatic heterocycles. The maximum atomic E-state index is 14.5. The van der Waals surface area contributed by atoms with Crippen LogP contribution in [0.15, 0.2) is 36.4 Å². The number of benzene rings is 2. The Hall–Kier alpha value is -1.95. The Morgan fingerprint density at radius 3 is 2.58 bits per heavy atom. The van der Waals surface area contributed by atoms with E-state index in [0.717, 1.165) is 12.1 Å². The number of carbonyl (C=O) groups is 2. The lowest BCUT2D eigenvalue weighted by Gasteiger charge is -2.19. The van der Waals surface area contributed by atoms with Crippen molar-refractivity contribution in [3.8, 4) is 0 Å². The molecular formula is C19H19Cl2FN2O2. The van der Waals surface area contributed by atoms with Gasteiger partial charge in [-0.15, -0.1) is 12.4 Å². The summed E-state index contributed by atoms with van der Waals surface area (Å²) in [6.07, 6.45) is 0.656. The predicted octanol–water partition coefficient (Wildman–Crippen LogP) is 4.15. The maximum absolute atomic E-state index is 14.5. The molecule has 1 heterocycles. The van der Waals surface area contributed by atoms with Gasteiger partial charge in [0, 0.05) is 30.0 Å². The van der Waals surface area contributed by atoms with Crippen molar-refractivity contribution in [1.29, 1.82) is 0 Å². The summed E-state index contributed by atoms with van der Waals surface area (Å²) < 4.78 is 14.5. The summed E-state index contributed by atoms with van der Waals surface area (Å²) in [4.78, 5) is 24.1. The van der Waals surface area contributed by atoms with Crippen molar-refractivity contribution in [3.05, 3.63) is 63.9 Å². The van der Waals surface area contributed by atoms with Crippen LogP contribution >= 0.6 is 24.0 Å². The van der Waals surface area contributed by atoms with Gasteiger partial charge in [0.05, 0.1) is 5.69 Å². The summed E-state index contributed by atoms with van der Waals surface area (Å²) in [6, 6.07) is 9.90. The number of carbonyl (C=O) groups excluding carboxylic acids is 2. The van der Waals surface area contributed by atoms with E-state index in [1.165, 1.54) is 0 Å². The molecule has 2 N–H and O–H groups in total. The van der Waals surface area contributed by atoms with Gasteiger partial charge < -0.3 is 10.6 Å². The van der Waals surface area contributed by atoms with Crippen LogP contribution in [0.4, 0.5) is 10.1 Å². The molecule has 0 aliphatic carbocycles. The van der Waals surface area contributed by atoms with Crippen molar-refractivity contribution < 1.29 is 14.0 Å². The molecule has 0 saturated heterocycles. The predicted molar refractivity (Wildman–Crippen MR) is 103 cm³/mol. The van der Waals surface area contributed by atoms with Crippen molar-refractivity contribution >= 4 is 41.4 Å². The van der Waals surface area contributed by atoms with Crippen LogP contribution in [-0.4, -0.2) is 18.2 Å². The van der Waals surface area contributed by atoms with Gasteiger partial charge in [-0.05, 0) is 54.4 Å². The van der Waals surface area contributed by atoms with Crippen molar-refractivity contribution in [2.75, 3.05) is 11.9 Å². The lowest BCUT2D eigenvalue weighted by molar-refractivity contribution is -0.116. The van der Waals surface area contributed by atoms with Gasteiger partial charge in [-0.2, -0.15) is 0 Å². The van der Waals surface area contributed by atoms with E-state index in [1.54, 1.807) is 30.3 Å². The Morgan fingerprint density at radius 2 is 1.85 bits per heavy atom. The molecule has 0 bridgehead atoms. The molecule has 2 aromatic carbocycles. The second-order valence-corrected chi connectivity index (χ2v) is 6.41. The molecule has 0 aromatic heterocycles. The second kappa shape index (κ2) is 9.12. The number of ketones is 1. The van der Waals surface area contributed by atoms with Crippen LogP contribution in [0, 0.1) is 5.82 Å². The normalized spacial score (nSPS) is 12.7. The highest BCUT2D eigenvalue weighted by Gasteiger charge is 2.18. The van der Waals surface area contributed by atoms with Gasteiger partial charge in [-0.3, -0.25) is 9.59 Å². The second-order valence-electron chi connectivity index (χ2n) is 5.97. The molecular weight excluding hydrogens is 378 g/mol. The molecule has 1 amide bonds. The first-order valence-electron chi connectivity index (χ1n) is 8.14. The highest BCUT2D eigenvalue weighted by Crippen LogP contribution is 2.24. The van der Waals surface area contributed by atoms with Gasteiger partial charge in [-0.25, -0.2) is 4.39 Å². The van der Waals surface area contributed by atoms with Gasteiger partial charge in [0.1, 0.15) is 5.82 Å². The topological polar surface area (TPSA) is 58.2 Å². The minimum atomic E-state index is -0.380. The Bertz CT molecular complexity index is 810. The van der Waals surface area contributed by atoms with Crippen LogP contribution in [0.1, 0.15) is 34.3 Å². The standard InChI is InChI=1S/C19H18ClFN2O2.ClH/c20-14-4-1-12(2-5-14)17(24)7-8-18(25)23-16-6-3-13-11-22-10-9-15(13)19(16)21;/h1-6,22H,7-11H2,(H,23,25);1H. The van der Waals surface area contributed by atoms with E-state index >= 15 is 0 Å². The molecule has 138 valence electrons. The van der Waals surface area contributed by atoms with E-state index in [9.17, 15) is 14.0 Å². The molecule has 1 aliphatic rings. The summed E-state index contributed by atoms with van der Waals surface area (Å²) >= 11 is 5.78. The molecule has 26 heavy (non-hydrogen) atoms. The monoisotopic (exact) mass is 396 g/mol. The van der Waals surface area contributed by atoms with Crippen LogP contribution < -0.4 is 10.6 Å². The molecule has 0 fully saturated rings. The number of fused-ring (bicyclic) bond motifs is 1. The van der Waals surface area contributed by atoms with Crippen molar-refractivity contribution in [1.82, 2.24) is 5.32 Å². The number of Topliss-reactive ketones (excluding diaryl/α,β-unsaturated/α-hetero) is 1. The Balaban J connectivity index is 0.00000243. The van der Waals surface area contributed by atoms with Crippen molar-refractivity contribution in [2.24, 2.45) is 0 Å². The lowest BCUT2D eigenvalue weighted by Crippen LogP contribution is -2.25. The zero-order valence-corrected chi connectivity index (χ0v) is 15.6. The molecule has 2 aromatic rings. The Morgan fingerprint density at radius 1 is 1.12 bits per heavy atom. The number of rotatable bonds is 5. The van der Waals surface area contributed by atoms with E-state index in [0.29, 0.717) is 29.1 Å². The average molecular weight is 397 g/mol. The number of hydrogen-bond acceptors (Lipinski definition) is 3. The lowest BCUT2D eigenvalue weighted by atomic mass is 9.99. The van der Waals surface area contributed by atoms with Gasteiger partial charge in [0.15, 0.2) is 5.78 Å². The number of hydrogen-bond donors (Lipinski definition) is 2. The van der Waals surface area contributed by atoms with Gasteiger partial charge in [-0.1, -0.05) is 17.7 Å². The van der Waals surface area contributed by atoms with E-state index in [4.69, 9.17) is 11.6 Å². The van der Waals surface area contributed by atoms with Crippen LogP contribution in [0.2, 0.25) is 5.02 Å². The fourth-order valence-corrected chi connectivity index (χ4v) is 2.98. The zero-order chi connectivity index (χ0) is 17.8. The molecule has 0 unspecified atom stereocenters. The first-order chi connectivity index (χ1) is 12.0. The highest BCUT2D eigenvalue weighted by atomic mass is 35.5. The molecule has 0 saturated carbocycles. The van der Waals surface area contributed by atoms with Crippen LogP contribution in [0.3, 0.4) is 0 Å². The molecule has 7 heteroatoms. The van der Waals surface area contributed by atoms with Crippen molar-refractivity contribution in [2.45, 2.75) is 25.8 Å². The minimum Gasteiger partial charge on any atom is -0.324 e. The molecule has 3 rings (SSSR count). The maximum Gasteiger partial charge on any atom is 0.224 e. The SMILES string of the molecule is Cl.O=C(CCC(=O)c1ccc(Cl)cc1)Nc1ccc2c(c1F)CCNC2. The quantitative estimate of drug-likeness (QED) is 0.746. The Kier molecular flexibility index (Phi) is 7.14. The first kappa shape index (κ1) is 20.4. The van der Waals surface area contributed by atoms with Gasteiger partial charge in [0.2, 0.25) is 5.91 Å². The summed E-state index contributed by atoms with van der Waals surface area (Å²) in [5.41, 5.74) is 2.24. The van der Waals surface area contributed by atoms with E-state index < -0.39 is 0 Å². The van der Waals surface area contributed by atoms with Gasteiger partial charge in [0.25, 0.3) is 0 Å².